The average Bonchev–Trinajstić information content (AvgIpc) is 3.02. The first kappa shape index (κ1) is 15.8. The smallest absolute Gasteiger partial charge is 0.193 e. The molecule has 0 fully saturated rings. The Hall–Kier alpha value is -2.05. The number of benzene rings is 1. The van der Waals surface area contributed by atoms with Gasteiger partial charge in [0.15, 0.2) is 5.96 Å². The molecule has 1 aromatic heterocycles. The van der Waals surface area contributed by atoms with Crippen molar-refractivity contribution >= 4 is 23.0 Å². The summed E-state index contributed by atoms with van der Waals surface area (Å²) in [5.74, 6) is 1.23. The van der Waals surface area contributed by atoms with E-state index in [4.69, 9.17) is 10.5 Å². The Morgan fingerprint density at radius 3 is 3.22 bits per heavy atom. The molecule has 0 bridgehead atoms. The number of guanidine groups is 1. The number of anilines is 1. The summed E-state index contributed by atoms with van der Waals surface area (Å²) in [6.07, 6.45) is 1.15. The van der Waals surface area contributed by atoms with Crippen molar-refractivity contribution < 1.29 is 4.74 Å². The summed E-state index contributed by atoms with van der Waals surface area (Å²) in [5, 5.41) is 5.28. The monoisotopic (exact) mass is 330 g/mol. The molecule has 3 rings (SSSR count). The highest BCUT2D eigenvalue weighted by molar-refractivity contribution is 7.10. The quantitative estimate of drug-likeness (QED) is 0.653. The molecular weight excluding hydrogens is 308 g/mol. The summed E-state index contributed by atoms with van der Waals surface area (Å²) in [6, 6.07) is 9.88. The van der Waals surface area contributed by atoms with E-state index in [1.165, 1.54) is 10.4 Å². The van der Waals surface area contributed by atoms with Gasteiger partial charge in [0.1, 0.15) is 5.75 Å². The van der Waals surface area contributed by atoms with E-state index in [-0.39, 0.29) is 0 Å². The third-order valence-corrected chi connectivity index (χ3v) is 4.95. The molecule has 0 saturated carbocycles. The largest absolute Gasteiger partial charge is 0.497 e. The average molecular weight is 330 g/mol. The second kappa shape index (κ2) is 7.48. The molecule has 6 heteroatoms. The maximum atomic E-state index is 5.95. The molecule has 0 spiro atoms. The fourth-order valence-corrected chi connectivity index (χ4v) is 3.59. The number of rotatable bonds is 5. The van der Waals surface area contributed by atoms with Crippen LogP contribution in [0, 0.1) is 0 Å². The second-order valence-corrected chi connectivity index (χ2v) is 6.52. The number of nitrogens with two attached hydrogens (primary N) is 1. The minimum atomic E-state index is 0.437. The van der Waals surface area contributed by atoms with Crippen molar-refractivity contribution in [3.05, 3.63) is 46.2 Å². The summed E-state index contributed by atoms with van der Waals surface area (Å²) in [4.78, 5) is 8.38. The molecule has 2 aromatic rings. The van der Waals surface area contributed by atoms with Crippen LogP contribution in [0.2, 0.25) is 0 Å². The fraction of sp³-hybridized carbons (Fsp3) is 0.353. The molecule has 0 amide bonds. The molecule has 0 radical (unpaired) electrons. The van der Waals surface area contributed by atoms with E-state index in [2.05, 4.69) is 26.7 Å². The van der Waals surface area contributed by atoms with Crippen LogP contribution < -0.4 is 15.8 Å². The number of hydrogen-bond donors (Lipinski definition) is 2. The first-order chi connectivity index (χ1) is 11.2. The predicted molar refractivity (Wildman–Crippen MR) is 96.4 cm³/mol. The molecule has 0 saturated heterocycles. The molecule has 1 aliphatic rings. The van der Waals surface area contributed by atoms with E-state index < -0.39 is 0 Å². The zero-order valence-electron chi connectivity index (χ0n) is 13.3. The topological polar surface area (TPSA) is 62.9 Å². The molecule has 23 heavy (non-hydrogen) atoms. The van der Waals surface area contributed by atoms with Gasteiger partial charge in [-0.25, -0.2) is 0 Å². The Kier molecular flexibility index (Phi) is 5.15. The second-order valence-electron chi connectivity index (χ2n) is 5.52. The normalized spacial score (nSPS) is 15.3. The zero-order valence-corrected chi connectivity index (χ0v) is 14.1. The summed E-state index contributed by atoms with van der Waals surface area (Å²) >= 11 is 1.87. The fourth-order valence-electron chi connectivity index (χ4n) is 2.70. The van der Waals surface area contributed by atoms with Gasteiger partial charge in [-0.15, -0.1) is 11.3 Å². The van der Waals surface area contributed by atoms with Gasteiger partial charge in [0.25, 0.3) is 0 Å². The van der Waals surface area contributed by atoms with E-state index in [1.807, 2.05) is 35.6 Å². The van der Waals surface area contributed by atoms with Gasteiger partial charge in [0.05, 0.1) is 13.7 Å². The Bertz CT molecular complexity index is 683. The number of ether oxygens (including phenoxy) is 1. The lowest BCUT2D eigenvalue weighted by Crippen LogP contribution is -2.32. The molecule has 5 nitrogen and oxygen atoms in total. The lowest BCUT2D eigenvalue weighted by Gasteiger charge is -2.26. The van der Waals surface area contributed by atoms with Gasteiger partial charge in [0.2, 0.25) is 0 Å². The van der Waals surface area contributed by atoms with Crippen molar-refractivity contribution in [3.63, 3.8) is 0 Å². The first-order valence-corrected chi connectivity index (χ1v) is 8.61. The van der Waals surface area contributed by atoms with Crippen molar-refractivity contribution in [1.82, 2.24) is 4.90 Å². The van der Waals surface area contributed by atoms with Gasteiger partial charge in [-0.2, -0.15) is 0 Å². The molecule has 2 heterocycles. The summed E-state index contributed by atoms with van der Waals surface area (Å²) in [7, 11) is 1.65. The van der Waals surface area contributed by atoms with Crippen molar-refractivity contribution in [2.75, 3.05) is 32.1 Å². The highest BCUT2D eigenvalue weighted by Crippen LogP contribution is 2.23. The summed E-state index contributed by atoms with van der Waals surface area (Å²) < 4.78 is 5.19. The summed E-state index contributed by atoms with van der Waals surface area (Å²) in [5.41, 5.74) is 8.30. The van der Waals surface area contributed by atoms with E-state index in [0.717, 1.165) is 37.5 Å². The van der Waals surface area contributed by atoms with Gasteiger partial charge in [-0.3, -0.25) is 9.89 Å². The Labute approximate surface area is 140 Å². The van der Waals surface area contributed by atoms with Crippen LogP contribution in [0.15, 0.2) is 40.7 Å². The Morgan fingerprint density at radius 1 is 1.43 bits per heavy atom. The van der Waals surface area contributed by atoms with Crippen LogP contribution in [0.5, 0.6) is 5.75 Å². The lowest BCUT2D eigenvalue weighted by molar-refractivity contribution is 0.264. The minimum Gasteiger partial charge on any atom is -0.497 e. The maximum Gasteiger partial charge on any atom is 0.193 e. The maximum absolute atomic E-state index is 5.95. The van der Waals surface area contributed by atoms with E-state index in [1.54, 1.807) is 7.11 Å². The molecule has 1 aromatic carbocycles. The zero-order chi connectivity index (χ0) is 16.1. The summed E-state index contributed by atoms with van der Waals surface area (Å²) in [6.45, 7) is 3.75. The highest BCUT2D eigenvalue weighted by atomic mass is 32.1. The van der Waals surface area contributed by atoms with Crippen molar-refractivity contribution in [2.24, 2.45) is 10.7 Å². The van der Waals surface area contributed by atoms with Crippen LogP contribution in [0.25, 0.3) is 0 Å². The predicted octanol–water partition coefficient (Wildman–Crippen LogP) is 2.54. The number of hydrogen-bond acceptors (Lipinski definition) is 4. The molecule has 122 valence electrons. The Morgan fingerprint density at radius 2 is 2.35 bits per heavy atom. The molecule has 0 atom stereocenters. The van der Waals surface area contributed by atoms with Crippen LogP contribution in [0.1, 0.15) is 10.4 Å². The first-order valence-electron chi connectivity index (χ1n) is 7.73. The van der Waals surface area contributed by atoms with Crippen LogP contribution in [-0.2, 0) is 13.0 Å². The van der Waals surface area contributed by atoms with Gasteiger partial charge in [-0.05, 0) is 35.6 Å². The number of thiophene rings is 1. The van der Waals surface area contributed by atoms with Crippen LogP contribution in [-0.4, -0.2) is 37.6 Å². The number of aliphatic imine (C=N–C) groups is 1. The minimum absolute atomic E-state index is 0.437. The third-order valence-electron chi connectivity index (χ3n) is 3.93. The van der Waals surface area contributed by atoms with Crippen molar-refractivity contribution in [3.8, 4) is 5.75 Å². The van der Waals surface area contributed by atoms with Crippen LogP contribution >= 0.6 is 11.3 Å². The third kappa shape index (κ3) is 4.24. The molecular formula is C17H22N4OS. The number of methoxy groups -OCH3 is 1. The van der Waals surface area contributed by atoms with Gasteiger partial charge in [-0.1, -0.05) is 6.07 Å². The van der Waals surface area contributed by atoms with Crippen LogP contribution in [0.4, 0.5) is 5.69 Å². The standard InChI is InChI=1S/C17H22N4OS/c1-22-15-4-2-3-14(11-15)20-17(18)19-7-9-21-8-5-16-13(12-21)6-10-23-16/h2-4,6,10-11H,5,7-9,12H2,1H3,(H3,18,19,20). The van der Waals surface area contributed by atoms with Gasteiger partial charge in [0, 0.05) is 36.3 Å². The van der Waals surface area contributed by atoms with E-state index in [9.17, 15) is 0 Å². The number of nitrogens with one attached hydrogen (secondary N) is 1. The lowest BCUT2D eigenvalue weighted by atomic mass is 10.1. The highest BCUT2D eigenvalue weighted by Gasteiger charge is 2.16. The van der Waals surface area contributed by atoms with E-state index in [0.29, 0.717) is 12.5 Å². The SMILES string of the molecule is COc1cccc(NC(N)=NCCN2CCc3sccc3C2)c1. The molecule has 0 unspecified atom stereocenters. The molecule has 3 N–H and O–H groups in total. The Balaban J connectivity index is 1.48. The van der Waals surface area contributed by atoms with Crippen molar-refractivity contribution in [2.45, 2.75) is 13.0 Å². The van der Waals surface area contributed by atoms with Crippen molar-refractivity contribution in [1.29, 1.82) is 0 Å². The number of fused-ring (bicyclic) bond motifs is 1. The van der Waals surface area contributed by atoms with Gasteiger partial charge >= 0.3 is 0 Å². The number of nitrogens with zero attached hydrogens (tertiary/aromatic N) is 2. The van der Waals surface area contributed by atoms with Gasteiger partial charge < -0.3 is 15.8 Å². The van der Waals surface area contributed by atoms with Crippen LogP contribution in [0.3, 0.4) is 0 Å². The van der Waals surface area contributed by atoms with E-state index >= 15 is 0 Å². The molecule has 0 aliphatic carbocycles. The molecule has 1 aliphatic heterocycles.